The molecule has 1 rings (SSSR count). The Morgan fingerprint density at radius 1 is 1.47 bits per heavy atom. The minimum absolute atomic E-state index is 0.0779. The molecule has 6 nitrogen and oxygen atoms in total. The first-order valence-corrected chi connectivity index (χ1v) is 6.52. The highest BCUT2D eigenvalue weighted by atomic mass is 31.2. The molecule has 1 atom stereocenters. The summed E-state index contributed by atoms with van der Waals surface area (Å²) < 4.78 is 20.1. The average molecular weight is 261 g/mol. The third-order valence-electron chi connectivity index (χ3n) is 2.13. The Morgan fingerprint density at radius 2 is 2.18 bits per heavy atom. The number of hydrogen-bond acceptors (Lipinski definition) is 5. The first-order chi connectivity index (χ1) is 7.98. The van der Waals surface area contributed by atoms with Gasteiger partial charge in [-0.05, 0) is 37.7 Å². The molecule has 0 radical (unpaired) electrons. The molecule has 0 saturated carbocycles. The van der Waals surface area contributed by atoms with E-state index in [4.69, 9.17) is 4.89 Å². The molecule has 0 heterocycles. The second-order valence-corrected chi connectivity index (χ2v) is 4.88. The Balaban J connectivity index is 2.79. The molecule has 1 aromatic carbocycles. The second-order valence-electron chi connectivity index (χ2n) is 3.40. The van der Waals surface area contributed by atoms with Crippen molar-refractivity contribution < 1.29 is 23.6 Å². The van der Waals surface area contributed by atoms with Crippen molar-refractivity contribution in [2.45, 2.75) is 6.42 Å². The zero-order chi connectivity index (χ0) is 12.9. The van der Waals surface area contributed by atoms with E-state index in [-0.39, 0.29) is 11.5 Å². The van der Waals surface area contributed by atoms with Crippen LogP contribution in [0.5, 0.6) is 11.5 Å². The zero-order valence-corrected chi connectivity index (χ0v) is 10.6. The minimum Gasteiger partial charge on any atom is -0.504 e. The predicted molar refractivity (Wildman–Crippen MR) is 63.2 cm³/mol. The molecule has 17 heavy (non-hydrogen) atoms. The van der Waals surface area contributed by atoms with Gasteiger partial charge in [-0.3, -0.25) is 9.42 Å². The van der Waals surface area contributed by atoms with E-state index in [1.165, 1.54) is 12.1 Å². The van der Waals surface area contributed by atoms with Crippen molar-refractivity contribution in [3.63, 3.8) is 0 Å². The number of rotatable bonds is 6. The van der Waals surface area contributed by atoms with Crippen LogP contribution in [0.25, 0.3) is 0 Å². The van der Waals surface area contributed by atoms with Gasteiger partial charge >= 0.3 is 7.82 Å². The van der Waals surface area contributed by atoms with Gasteiger partial charge in [0.1, 0.15) is 0 Å². The molecule has 0 aliphatic carbocycles. The second kappa shape index (κ2) is 6.02. The molecule has 1 aromatic rings. The molecule has 0 aliphatic heterocycles. The van der Waals surface area contributed by atoms with Crippen LogP contribution in [0.15, 0.2) is 18.2 Å². The maximum atomic E-state index is 11.2. The van der Waals surface area contributed by atoms with Crippen LogP contribution >= 0.6 is 7.82 Å². The number of phenolic OH excluding ortho intramolecular Hbond substituents is 1. The highest BCUT2D eigenvalue weighted by Crippen LogP contribution is 2.45. The molecule has 7 heteroatoms. The molecule has 0 amide bonds. The summed E-state index contributed by atoms with van der Waals surface area (Å²) in [6, 6.07) is 4.63. The van der Waals surface area contributed by atoms with Crippen molar-refractivity contribution in [1.29, 1.82) is 0 Å². The van der Waals surface area contributed by atoms with E-state index in [0.29, 0.717) is 0 Å². The Labute approximate surface area is 99.8 Å². The van der Waals surface area contributed by atoms with Crippen LogP contribution in [0, 0.1) is 0 Å². The third kappa shape index (κ3) is 4.36. The normalized spacial score (nSPS) is 14.3. The lowest BCUT2D eigenvalue weighted by Crippen LogP contribution is -2.10. The van der Waals surface area contributed by atoms with Crippen molar-refractivity contribution in [3.8, 4) is 11.5 Å². The van der Waals surface area contributed by atoms with Crippen LogP contribution < -0.4 is 9.84 Å². The lowest BCUT2D eigenvalue weighted by Gasteiger charge is -2.12. The summed E-state index contributed by atoms with van der Waals surface area (Å²) in [5, 5.41) is 12.6. The Kier molecular flexibility index (Phi) is 4.96. The van der Waals surface area contributed by atoms with Gasteiger partial charge < -0.3 is 14.9 Å². The van der Waals surface area contributed by atoms with E-state index in [0.717, 1.165) is 25.6 Å². The molecule has 0 spiro atoms. The van der Waals surface area contributed by atoms with Crippen molar-refractivity contribution >= 4 is 7.82 Å². The number of nitrogens with one attached hydrogen (secondary N) is 1. The zero-order valence-electron chi connectivity index (χ0n) is 9.71. The van der Waals surface area contributed by atoms with Gasteiger partial charge in [-0.1, -0.05) is 6.07 Å². The van der Waals surface area contributed by atoms with Gasteiger partial charge in [0.15, 0.2) is 11.5 Å². The van der Waals surface area contributed by atoms with Gasteiger partial charge in [-0.25, -0.2) is 4.57 Å². The smallest absolute Gasteiger partial charge is 0.504 e. The van der Waals surface area contributed by atoms with E-state index in [1.54, 1.807) is 6.07 Å². The Hall–Kier alpha value is -1.07. The standard InChI is InChI=1S/C10H16NO5P/c1-11-6-5-8-3-4-10(9(12)7-8)16-17(13,14)15-2/h3-4,7,11-12H,5-6H2,1-2H3,(H,13,14). The van der Waals surface area contributed by atoms with Crippen LogP contribution in [-0.4, -0.2) is 30.7 Å². The van der Waals surface area contributed by atoms with Gasteiger partial charge in [-0.2, -0.15) is 0 Å². The van der Waals surface area contributed by atoms with Gasteiger partial charge in [0.05, 0.1) is 0 Å². The number of phosphoric ester groups is 1. The predicted octanol–water partition coefficient (Wildman–Crippen LogP) is 1.28. The van der Waals surface area contributed by atoms with E-state index in [2.05, 4.69) is 14.4 Å². The summed E-state index contributed by atoms with van der Waals surface area (Å²) in [7, 11) is -1.24. The molecule has 0 fully saturated rings. The van der Waals surface area contributed by atoms with E-state index < -0.39 is 7.82 Å². The van der Waals surface area contributed by atoms with Crippen LogP contribution in [0.4, 0.5) is 0 Å². The number of hydrogen-bond donors (Lipinski definition) is 3. The summed E-state index contributed by atoms with van der Waals surface area (Å²) in [6.07, 6.45) is 0.741. The van der Waals surface area contributed by atoms with Gasteiger partial charge in [0.25, 0.3) is 0 Å². The molecule has 0 aliphatic rings. The first-order valence-electron chi connectivity index (χ1n) is 5.03. The molecule has 0 aromatic heterocycles. The van der Waals surface area contributed by atoms with Gasteiger partial charge in [-0.15, -0.1) is 0 Å². The fraction of sp³-hybridized carbons (Fsp3) is 0.400. The molecule has 0 saturated heterocycles. The third-order valence-corrected chi connectivity index (χ3v) is 3.02. The molecule has 3 N–H and O–H groups in total. The van der Waals surface area contributed by atoms with Crippen molar-refractivity contribution in [2.75, 3.05) is 20.7 Å². The molecule has 0 bridgehead atoms. The largest absolute Gasteiger partial charge is 0.527 e. The fourth-order valence-electron chi connectivity index (χ4n) is 1.23. The Morgan fingerprint density at radius 3 is 2.71 bits per heavy atom. The highest BCUT2D eigenvalue weighted by molar-refractivity contribution is 7.47. The van der Waals surface area contributed by atoms with E-state index in [1.807, 2.05) is 7.05 Å². The van der Waals surface area contributed by atoms with Gasteiger partial charge in [0.2, 0.25) is 0 Å². The summed E-state index contributed by atoms with van der Waals surface area (Å²) in [6.45, 7) is 0.774. The number of benzene rings is 1. The molecular weight excluding hydrogens is 245 g/mol. The maximum absolute atomic E-state index is 11.2. The van der Waals surface area contributed by atoms with Gasteiger partial charge in [0, 0.05) is 7.11 Å². The van der Waals surface area contributed by atoms with Crippen molar-refractivity contribution in [2.24, 2.45) is 0 Å². The lowest BCUT2D eigenvalue weighted by molar-refractivity contribution is 0.239. The van der Waals surface area contributed by atoms with E-state index >= 15 is 0 Å². The minimum atomic E-state index is -4.13. The topological polar surface area (TPSA) is 88.0 Å². The number of phenols is 1. The highest BCUT2D eigenvalue weighted by Gasteiger charge is 2.22. The first kappa shape index (κ1) is 14.0. The quantitative estimate of drug-likeness (QED) is 0.668. The molecular formula is C10H16NO5P. The SMILES string of the molecule is CNCCc1ccc(OP(=O)(O)OC)c(O)c1. The number of phosphoric acid groups is 1. The molecule has 1 unspecified atom stereocenters. The van der Waals surface area contributed by atoms with Crippen LogP contribution in [0.2, 0.25) is 0 Å². The average Bonchev–Trinajstić information content (AvgIpc) is 2.29. The van der Waals surface area contributed by atoms with Crippen LogP contribution in [0.3, 0.4) is 0 Å². The van der Waals surface area contributed by atoms with E-state index in [9.17, 15) is 9.67 Å². The number of likely N-dealkylation sites (N-methyl/N-ethyl adjacent to an activating group) is 1. The van der Waals surface area contributed by atoms with Crippen molar-refractivity contribution in [1.82, 2.24) is 5.32 Å². The fourth-order valence-corrected chi connectivity index (χ4v) is 1.70. The summed E-state index contributed by atoms with van der Waals surface area (Å²) in [5.41, 5.74) is 0.898. The monoisotopic (exact) mass is 261 g/mol. The summed E-state index contributed by atoms with van der Waals surface area (Å²) in [5.74, 6) is -0.268. The lowest BCUT2D eigenvalue weighted by atomic mass is 10.1. The maximum Gasteiger partial charge on any atom is 0.527 e. The van der Waals surface area contributed by atoms with Crippen LogP contribution in [0.1, 0.15) is 5.56 Å². The molecule has 96 valence electrons. The Bertz CT molecular complexity index is 423. The summed E-state index contributed by atoms with van der Waals surface area (Å²) in [4.78, 5) is 9.10. The number of aromatic hydroxyl groups is 1. The summed E-state index contributed by atoms with van der Waals surface area (Å²) >= 11 is 0. The van der Waals surface area contributed by atoms with Crippen LogP contribution in [-0.2, 0) is 15.5 Å². The van der Waals surface area contributed by atoms with Crippen molar-refractivity contribution in [3.05, 3.63) is 23.8 Å².